The van der Waals surface area contributed by atoms with Crippen molar-refractivity contribution in [1.29, 1.82) is 5.26 Å². The third-order valence-electron chi connectivity index (χ3n) is 2.60. The summed E-state index contributed by atoms with van der Waals surface area (Å²) < 4.78 is 6.73. The van der Waals surface area contributed by atoms with Gasteiger partial charge in [-0.1, -0.05) is 22.0 Å². The van der Waals surface area contributed by atoms with E-state index in [4.69, 9.17) is 10.00 Å². The number of halogens is 1. The molecule has 0 aliphatic carbocycles. The molecule has 0 fully saturated rings. The standard InChI is InChI=1S/C16H14BrNOS/c17-14-5-7-16(8-6-14)20-10-2-9-19-15-4-1-3-13(11-15)12-18/h1,3-8,11H,2,9-10H2. The summed E-state index contributed by atoms with van der Waals surface area (Å²) in [6.07, 6.45) is 0.970. The zero-order chi connectivity index (χ0) is 14.2. The minimum atomic E-state index is 0.631. The Labute approximate surface area is 131 Å². The van der Waals surface area contributed by atoms with Crippen molar-refractivity contribution < 1.29 is 4.74 Å². The van der Waals surface area contributed by atoms with Gasteiger partial charge in [0, 0.05) is 15.1 Å². The molecule has 0 spiro atoms. The second kappa shape index (κ2) is 7.98. The number of benzene rings is 2. The van der Waals surface area contributed by atoms with Gasteiger partial charge in [-0.25, -0.2) is 0 Å². The molecule has 0 radical (unpaired) electrons. The summed E-state index contributed by atoms with van der Waals surface area (Å²) in [5, 5.41) is 8.81. The molecular formula is C16H14BrNOS. The van der Waals surface area contributed by atoms with Crippen LogP contribution in [0, 0.1) is 11.3 Å². The second-order valence-corrected chi connectivity index (χ2v) is 6.23. The van der Waals surface area contributed by atoms with Gasteiger partial charge in [-0.05, 0) is 48.9 Å². The maximum Gasteiger partial charge on any atom is 0.120 e. The monoisotopic (exact) mass is 347 g/mol. The van der Waals surface area contributed by atoms with E-state index in [1.807, 2.05) is 36.0 Å². The highest BCUT2D eigenvalue weighted by Gasteiger charge is 1.97. The first-order valence-corrected chi connectivity index (χ1v) is 8.07. The highest BCUT2D eigenvalue weighted by atomic mass is 79.9. The van der Waals surface area contributed by atoms with E-state index in [-0.39, 0.29) is 0 Å². The van der Waals surface area contributed by atoms with Gasteiger partial charge >= 0.3 is 0 Å². The Balaban J connectivity index is 1.69. The second-order valence-electron chi connectivity index (χ2n) is 4.14. The highest BCUT2D eigenvalue weighted by molar-refractivity contribution is 9.10. The number of ether oxygens (including phenoxy) is 1. The van der Waals surface area contributed by atoms with Crippen LogP contribution < -0.4 is 4.74 Å². The summed E-state index contributed by atoms with van der Waals surface area (Å²) in [6.45, 7) is 0.665. The number of rotatable bonds is 6. The van der Waals surface area contributed by atoms with E-state index in [9.17, 15) is 0 Å². The Kier molecular flexibility index (Phi) is 5.97. The van der Waals surface area contributed by atoms with E-state index >= 15 is 0 Å². The SMILES string of the molecule is N#Cc1cccc(OCCCSc2ccc(Br)cc2)c1. The molecule has 0 aromatic heterocycles. The Morgan fingerprint density at radius 3 is 2.70 bits per heavy atom. The fourth-order valence-electron chi connectivity index (χ4n) is 1.63. The first-order chi connectivity index (χ1) is 9.78. The molecule has 0 bridgehead atoms. The van der Waals surface area contributed by atoms with Gasteiger partial charge in [0.05, 0.1) is 18.2 Å². The van der Waals surface area contributed by atoms with E-state index in [1.165, 1.54) is 4.90 Å². The van der Waals surface area contributed by atoms with E-state index in [1.54, 1.807) is 12.1 Å². The summed E-state index contributed by atoms with van der Waals surface area (Å²) in [6, 6.07) is 17.7. The molecule has 102 valence electrons. The molecule has 2 aromatic rings. The molecule has 2 rings (SSSR count). The molecule has 0 saturated carbocycles. The van der Waals surface area contributed by atoms with Crippen molar-refractivity contribution in [2.24, 2.45) is 0 Å². The van der Waals surface area contributed by atoms with Crippen molar-refractivity contribution in [1.82, 2.24) is 0 Å². The van der Waals surface area contributed by atoms with Gasteiger partial charge < -0.3 is 4.74 Å². The lowest BCUT2D eigenvalue weighted by atomic mass is 10.2. The van der Waals surface area contributed by atoms with Crippen molar-refractivity contribution in [3.8, 4) is 11.8 Å². The van der Waals surface area contributed by atoms with Crippen LogP contribution in [0.1, 0.15) is 12.0 Å². The Hall–Kier alpha value is -1.44. The smallest absolute Gasteiger partial charge is 0.120 e. The third kappa shape index (κ3) is 4.92. The van der Waals surface area contributed by atoms with E-state index in [0.29, 0.717) is 12.2 Å². The van der Waals surface area contributed by atoms with E-state index in [2.05, 4.69) is 34.1 Å². The third-order valence-corrected chi connectivity index (χ3v) is 4.23. The van der Waals surface area contributed by atoms with Gasteiger partial charge in [0.25, 0.3) is 0 Å². The van der Waals surface area contributed by atoms with E-state index in [0.717, 1.165) is 22.4 Å². The Morgan fingerprint density at radius 1 is 1.15 bits per heavy atom. The number of nitrogens with zero attached hydrogens (tertiary/aromatic N) is 1. The molecule has 0 amide bonds. The number of thioether (sulfide) groups is 1. The van der Waals surface area contributed by atoms with E-state index < -0.39 is 0 Å². The molecule has 0 heterocycles. The van der Waals surface area contributed by atoms with Gasteiger partial charge in [-0.3, -0.25) is 0 Å². The van der Waals surface area contributed by atoms with Crippen LogP contribution in [0.25, 0.3) is 0 Å². The average Bonchev–Trinajstić information content (AvgIpc) is 2.49. The quantitative estimate of drug-likeness (QED) is 0.551. The van der Waals surface area contributed by atoms with Crippen LogP contribution in [-0.4, -0.2) is 12.4 Å². The summed E-state index contributed by atoms with van der Waals surface area (Å²) in [5.41, 5.74) is 0.631. The normalized spacial score (nSPS) is 10.0. The van der Waals surface area contributed by atoms with Gasteiger partial charge in [0.15, 0.2) is 0 Å². The lowest BCUT2D eigenvalue weighted by Crippen LogP contribution is -1.98. The minimum absolute atomic E-state index is 0.631. The van der Waals surface area contributed by atoms with Crippen LogP contribution in [0.2, 0.25) is 0 Å². The van der Waals surface area contributed by atoms with Crippen molar-refractivity contribution in [2.75, 3.05) is 12.4 Å². The van der Waals surface area contributed by atoms with Gasteiger partial charge in [0.2, 0.25) is 0 Å². The minimum Gasteiger partial charge on any atom is -0.494 e. The van der Waals surface area contributed by atoms with Crippen LogP contribution in [0.4, 0.5) is 0 Å². The van der Waals surface area contributed by atoms with Gasteiger partial charge in [0.1, 0.15) is 5.75 Å². The Morgan fingerprint density at radius 2 is 1.95 bits per heavy atom. The van der Waals surface area contributed by atoms with Gasteiger partial charge in [-0.2, -0.15) is 5.26 Å². The van der Waals surface area contributed by atoms with Crippen molar-refractivity contribution in [3.05, 3.63) is 58.6 Å². The molecule has 2 nitrogen and oxygen atoms in total. The average molecular weight is 348 g/mol. The predicted octanol–water partition coefficient (Wildman–Crippen LogP) is 4.88. The summed E-state index contributed by atoms with van der Waals surface area (Å²) in [7, 11) is 0. The van der Waals surface area contributed by atoms with Crippen molar-refractivity contribution in [2.45, 2.75) is 11.3 Å². The van der Waals surface area contributed by atoms with Crippen LogP contribution in [0.5, 0.6) is 5.75 Å². The number of nitriles is 1. The summed E-state index contributed by atoms with van der Waals surface area (Å²) in [5.74, 6) is 1.78. The van der Waals surface area contributed by atoms with Crippen LogP contribution in [-0.2, 0) is 0 Å². The van der Waals surface area contributed by atoms with Crippen molar-refractivity contribution in [3.63, 3.8) is 0 Å². The summed E-state index contributed by atoms with van der Waals surface area (Å²) >= 11 is 5.24. The predicted molar refractivity (Wildman–Crippen MR) is 86.1 cm³/mol. The zero-order valence-corrected chi connectivity index (χ0v) is 13.3. The molecule has 0 atom stereocenters. The fourth-order valence-corrected chi connectivity index (χ4v) is 2.72. The molecule has 20 heavy (non-hydrogen) atoms. The first-order valence-electron chi connectivity index (χ1n) is 6.29. The molecule has 0 N–H and O–H groups in total. The molecule has 4 heteroatoms. The van der Waals surface area contributed by atoms with Gasteiger partial charge in [-0.15, -0.1) is 11.8 Å². The maximum atomic E-state index is 8.81. The zero-order valence-electron chi connectivity index (χ0n) is 10.9. The first kappa shape index (κ1) is 15.0. The maximum absolute atomic E-state index is 8.81. The topological polar surface area (TPSA) is 33.0 Å². The molecule has 0 aliphatic rings. The Bertz CT molecular complexity index is 592. The lowest BCUT2D eigenvalue weighted by Gasteiger charge is -2.06. The summed E-state index contributed by atoms with van der Waals surface area (Å²) in [4.78, 5) is 1.26. The number of hydrogen-bond acceptors (Lipinski definition) is 3. The van der Waals surface area contributed by atoms with Crippen LogP contribution in [0.15, 0.2) is 57.9 Å². The van der Waals surface area contributed by atoms with Crippen LogP contribution in [0.3, 0.4) is 0 Å². The molecule has 0 unspecified atom stereocenters. The largest absolute Gasteiger partial charge is 0.494 e. The molecular weight excluding hydrogens is 334 g/mol. The van der Waals surface area contributed by atoms with Crippen molar-refractivity contribution >= 4 is 27.7 Å². The van der Waals surface area contributed by atoms with Crippen LogP contribution >= 0.6 is 27.7 Å². The fraction of sp³-hybridized carbons (Fsp3) is 0.188. The molecule has 0 aliphatic heterocycles. The highest BCUT2D eigenvalue weighted by Crippen LogP contribution is 2.21. The lowest BCUT2D eigenvalue weighted by molar-refractivity contribution is 0.318. The molecule has 0 saturated heterocycles. The number of hydrogen-bond donors (Lipinski definition) is 0. The molecule has 2 aromatic carbocycles.